The number of hydrogen-bond donors (Lipinski definition) is 1. The molecular formula is C16H13ClN2O3. The number of methoxy groups -OCH3 is 1. The Morgan fingerprint density at radius 2 is 2.14 bits per heavy atom. The van der Waals surface area contributed by atoms with Crippen molar-refractivity contribution in [2.24, 2.45) is 0 Å². The predicted molar refractivity (Wildman–Crippen MR) is 83.8 cm³/mol. The summed E-state index contributed by atoms with van der Waals surface area (Å²) in [6, 6.07) is 11.9. The summed E-state index contributed by atoms with van der Waals surface area (Å²) in [5, 5.41) is 3.63. The highest BCUT2D eigenvalue weighted by Gasteiger charge is 2.23. The Morgan fingerprint density at radius 1 is 1.32 bits per heavy atom. The lowest BCUT2D eigenvalue weighted by molar-refractivity contribution is -0.141. The molecule has 22 heavy (non-hydrogen) atoms. The number of fused-ring (bicyclic) bond motifs is 1. The molecule has 112 valence electrons. The highest BCUT2D eigenvalue weighted by molar-refractivity contribution is 6.33. The fourth-order valence-electron chi connectivity index (χ4n) is 2.18. The summed E-state index contributed by atoms with van der Waals surface area (Å²) in [6.07, 6.45) is 1.36. The minimum absolute atomic E-state index is 0.418. The van der Waals surface area contributed by atoms with Crippen LogP contribution in [0.2, 0.25) is 5.02 Å². The van der Waals surface area contributed by atoms with Crippen molar-refractivity contribution < 1.29 is 13.9 Å². The molecule has 2 aromatic carbocycles. The second-order valence-corrected chi connectivity index (χ2v) is 5.07. The molecule has 1 unspecified atom stereocenters. The number of hydrogen-bond acceptors (Lipinski definition) is 5. The molecule has 5 nitrogen and oxygen atoms in total. The highest BCUT2D eigenvalue weighted by atomic mass is 35.5. The molecule has 3 rings (SSSR count). The summed E-state index contributed by atoms with van der Waals surface area (Å²) in [6.45, 7) is 0. The van der Waals surface area contributed by atoms with Gasteiger partial charge in [0.25, 0.3) is 0 Å². The van der Waals surface area contributed by atoms with Crippen LogP contribution in [0.1, 0.15) is 11.6 Å². The van der Waals surface area contributed by atoms with Gasteiger partial charge in [-0.1, -0.05) is 29.8 Å². The van der Waals surface area contributed by atoms with Gasteiger partial charge in [0.15, 0.2) is 18.0 Å². The zero-order valence-corrected chi connectivity index (χ0v) is 12.5. The van der Waals surface area contributed by atoms with Crippen LogP contribution in [0.15, 0.2) is 53.3 Å². The van der Waals surface area contributed by atoms with Crippen LogP contribution < -0.4 is 5.32 Å². The number of oxazole rings is 1. The average molecular weight is 317 g/mol. The maximum atomic E-state index is 12.1. The average Bonchev–Trinajstić information content (AvgIpc) is 3.01. The van der Waals surface area contributed by atoms with Gasteiger partial charge in [-0.25, -0.2) is 9.78 Å². The van der Waals surface area contributed by atoms with E-state index in [1.807, 2.05) is 12.1 Å². The third-order valence-electron chi connectivity index (χ3n) is 3.30. The third kappa shape index (κ3) is 2.76. The largest absolute Gasteiger partial charge is 0.467 e. The smallest absolute Gasteiger partial charge is 0.332 e. The number of anilines is 1. The quantitative estimate of drug-likeness (QED) is 0.741. The van der Waals surface area contributed by atoms with Crippen LogP contribution in [0.3, 0.4) is 0 Å². The summed E-state index contributed by atoms with van der Waals surface area (Å²) >= 11 is 6.14. The standard InChI is InChI=1S/C16H13ClN2O3/c1-21-16(20)15(19-12-5-3-2-4-11(12)17)10-6-7-13-14(8-10)22-9-18-13/h2-9,15,19H,1H3. The van der Waals surface area contributed by atoms with E-state index in [0.717, 1.165) is 5.52 Å². The van der Waals surface area contributed by atoms with Gasteiger partial charge in [0.1, 0.15) is 5.52 Å². The molecule has 0 aliphatic heterocycles. The van der Waals surface area contributed by atoms with E-state index in [9.17, 15) is 4.79 Å². The van der Waals surface area contributed by atoms with E-state index in [2.05, 4.69) is 10.3 Å². The number of nitrogens with one attached hydrogen (secondary N) is 1. The van der Waals surface area contributed by atoms with Crippen molar-refractivity contribution in [2.75, 3.05) is 12.4 Å². The molecule has 1 heterocycles. The SMILES string of the molecule is COC(=O)C(Nc1ccccc1Cl)c1ccc2ncoc2c1. The Hall–Kier alpha value is -2.53. The van der Waals surface area contributed by atoms with Crippen LogP contribution in [0.4, 0.5) is 5.69 Å². The Morgan fingerprint density at radius 3 is 2.91 bits per heavy atom. The first-order valence-electron chi connectivity index (χ1n) is 6.61. The molecule has 3 aromatic rings. The van der Waals surface area contributed by atoms with Crippen molar-refractivity contribution in [3.8, 4) is 0 Å². The van der Waals surface area contributed by atoms with Crippen LogP contribution in [-0.2, 0) is 9.53 Å². The van der Waals surface area contributed by atoms with Gasteiger partial charge < -0.3 is 14.5 Å². The van der Waals surface area contributed by atoms with Gasteiger partial charge >= 0.3 is 5.97 Å². The van der Waals surface area contributed by atoms with Crippen LogP contribution >= 0.6 is 11.6 Å². The molecular weight excluding hydrogens is 304 g/mol. The van der Waals surface area contributed by atoms with Crippen LogP contribution in [0, 0.1) is 0 Å². The molecule has 0 amide bonds. The number of aromatic nitrogens is 1. The number of ether oxygens (including phenoxy) is 1. The summed E-state index contributed by atoms with van der Waals surface area (Å²) in [5.41, 5.74) is 2.69. The fraction of sp³-hybridized carbons (Fsp3) is 0.125. The number of esters is 1. The number of nitrogens with zero attached hydrogens (tertiary/aromatic N) is 1. The van der Waals surface area contributed by atoms with Crippen LogP contribution in [0.5, 0.6) is 0 Å². The predicted octanol–water partition coefficient (Wildman–Crippen LogP) is 3.81. The van der Waals surface area contributed by atoms with E-state index < -0.39 is 12.0 Å². The monoisotopic (exact) mass is 316 g/mol. The molecule has 1 N–H and O–H groups in total. The second kappa shape index (κ2) is 6.07. The van der Waals surface area contributed by atoms with E-state index in [-0.39, 0.29) is 0 Å². The number of rotatable bonds is 4. The van der Waals surface area contributed by atoms with Gasteiger partial charge in [0.05, 0.1) is 17.8 Å². The lowest BCUT2D eigenvalue weighted by Gasteiger charge is -2.18. The molecule has 1 atom stereocenters. The zero-order chi connectivity index (χ0) is 15.5. The molecule has 6 heteroatoms. The molecule has 0 aliphatic carbocycles. The second-order valence-electron chi connectivity index (χ2n) is 4.66. The Kier molecular flexibility index (Phi) is 3.98. The number of carbonyl (C=O) groups is 1. The van der Waals surface area contributed by atoms with Gasteiger partial charge in [-0.2, -0.15) is 0 Å². The number of halogens is 1. The van der Waals surface area contributed by atoms with Crippen molar-refractivity contribution >= 4 is 34.4 Å². The summed E-state index contributed by atoms with van der Waals surface area (Å²) in [5.74, 6) is -0.418. The fourth-order valence-corrected chi connectivity index (χ4v) is 2.37. The van der Waals surface area contributed by atoms with E-state index in [4.69, 9.17) is 20.8 Å². The Balaban J connectivity index is 1.99. The van der Waals surface area contributed by atoms with Crippen LogP contribution in [-0.4, -0.2) is 18.1 Å². The normalized spacial score (nSPS) is 12.1. The van der Waals surface area contributed by atoms with Crippen LogP contribution in [0.25, 0.3) is 11.1 Å². The van der Waals surface area contributed by atoms with Crippen molar-refractivity contribution in [3.05, 3.63) is 59.4 Å². The summed E-state index contributed by atoms with van der Waals surface area (Å²) < 4.78 is 10.2. The van der Waals surface area contributed by atoms with Crippen molar-refractivity contribution in [3.63, 3.8) is 0 Å². The maximum Gasteiger partial charge on any atom is 0.332 e. The number of carbonyl (C=O) groups excluding carboxylic acids is 1. The molecule has 1 aromatic heterocycles. The lowest BCUT2D eigenvalue weighted by Crippen LogP contribution is -2.22. The number of benzene rings is 2. The molecule has 0 spiro atoms. The van der Waals surface area contributed by atoms with Gasteiger partial charge in [0.2, 0.25) is 0 Å². The molecule has 0 saturated heterocycles. The number of para-hydroxylation sites is 1. The van der Waals surface area contributed by atoms with Gasteiger partial charge in [-0.3, -0.25) is 0 Å². The topological polar surface area (TPSA) is 64.4 Å². The Bertz CT molecular complexity index is 816. The molecule has 0 fully saturated rings. The molecule has 0 radical (unpaired) electrons. The molecule has 0 bridgehead atoms. The Labute approximate surface area is 131 Å². The highest BCUT2D eigenvalue weighted by Crippen LogP contribution is 2.28. The summed E-state index contributed by atoms with van der Waals surface area (Å²) in [7, 11) is 1.34. The van der Waals surface area contributed by atoms with Crippen molar-refractivity contribution in [2.45, 2.75) is 6.04 Å². The van der Waals surface area contributed by atoms with E-state index in [1.54, 1.807) is 30.3 Å². The summed E-state index contributed by atoms with van der Waals surface area (Å²) in [4.78, 5) is 16.2. The zero-order valence-electron chi connectivity index (χ0n) is 11.7. The van der Waals surface area contributed by atoms with Gasteiger partial charge in [-0.05, 0) is 29.8 Å². The molecule has 0 aliphatic rings. The first kappa shape index (κ1) is 14.4. The van der Waals surface area contributed by atoms with Crippen molar-refractivity contribution in [1.82, 2.24) is 4.98 Å². The van der Waals surface area contributed by atoms with E-state index in [1.165, 1.54) is 13.5 Å². The molecule has 0 saturated carbocycles. The minimum atomic E-state index is -0.695. The third-order valence-corrected chi connectivity index (χ3v) is 3.63. The lowest BCUT2D eigenvalue weighted by atomic mass is 10.1. The van der Waals surface area contributed by atoms with Crippen molar-refractivity contribution in [1.29, 1.82) is 0 Å². The van der Waals surface area contributed by atoms with Gasteiger partial charge in [-0.15, -0.1) is 0 Å². The van der Waals surface area contributed by atoms with E-state index in [0.29, 0.717) is 21.9 Å². The van der Waals surface area contributed by atoms with Gasteiger partial charge in [0, 0.05) is 0 Å². The maximum absolute atomic E-state index is 12.1. The first-order chi connectivity index (χ1) is 10.7. The minimum Gasteiger partial charge on any atom is -0.467 e. The first-order valence-corrected chi connectivity index (χ1v) is 6.99. The van der Waals surface area contributed by atoms with E-state index >= 15 is 0 Å².